The van der Waals surface area contributed by atoms with Gasteiger partial charge < -0.3 is 23.8 Å². The van der Waals surface area contributed by atoms with E-state index in [1.54, 1.807) is 16.8 Å². The van der Waals surface area contributed by atoms with E-state index in [1.165, 1.54) is 23.9 Å². The van der Waals surface area contributed by atoms with Crippen molar-refractivity contribution in [3.05, 3.63) is 28.2 Å². The van der Waals surface area contributed by atoms with Crippen LogP contribution in [0.5, 0.6) is 5.75 Å². The summed E-state index contributed by atoms with van der Waals surface area (Å²) in [7, 11) is 3.00. The Bertz CT molecular complexity index is 712. The van der Waals surface area contributed by atoms with Crippen molar-refractivity contribution in [3.63, 3.8) is 0 Å². The van der Waals surface area contributed by atoms with E-state index in [1.807, 2.05) is 20.8 Å². The molecule has 0 aromatic carbocycles. The molecule has 0 aliphatic carbocycles. The fourth-order valence-corrected chi connectivity index (χ4v) is 2.53. The first-order valence-corrected chi connectivity index (χ1v) is 8.14. The highest BCUT2D eigenvalue weighted by atomic mass is 16.6. The summed E-state index contributed by atoms with van der Waals surface area (Å²) >= 11 is 0. The third-order valence-electron chi connectivity index (χ3n) is 3.86. The molecule has 8 heteroatoms. The highest BCUT2D eigenvalue weighted by molar-refractivity contribution is 5.96. The van der Waals surface area contributed by atoms with Crippen molar-refractivity contribution in [3.8, 4) is 5.75 Å². The molecule has 0 spiro atoms. The van der Waals surface area contributed by atoms with Gasteiger partial charge >= 0.3 is 6.09 Å². The van der Waals surface area contributed by atoms with Crippen LogP contribution in [0.25, 0.3) is 0 Å². The van der Waals surface area contributed by atoms with Crippen LogP contribution in [0.15, 0.2) is 17.1 Å². The van der Waals surface area contributed by atoms with Gasteiger partial charge in [-0.1, -0.05) is 0 Å². The van der Waals surface area contributed by atoms with Gasteiger partial charge in [0.15, 0.2) is 0 Å². The molecule has 0 unspecified atom stereocenters. The first kappa shape index (κ1) is 18.8. The molecule has 1 aromatic heterocycles. The normalized spacial score (nSPS) is 15.1. The van der Waals surface area contributed by atoms with E-state index in [9.17, 15) is 14.4 Å². The molecule has 1 aliphatic heterocycles. The van der Waals surface area contributed by atoms with Crippen molar-refractivity contribution in [1.82, 2.24) is 14.4 Å². The number of nitrogens with zero attached hydrogens (tertiary/aromatic N) is 3. The number of pyridine rings is 1. The van der Waals surface area contributed by atoms with Crippen molar-refractivity contribution in [2.45, 2.75) is 26.4 Å². The maximum Gasteiger partial charge on any atom is 0.410 e. The average Bonchev–Trinajstić information content (AvgIpc) is 2.55. The smallest absolute Gasteiger partial charge is 0.410 e. The summed E-state index contributed by atoms with van der Waals surface area (Å²) in [6.45, 7) is 7.03. The number of aryl methyl sites for hydroxylation is 1. The highest BCUT2D eigenvalue weighted by Gasteiger charge is 2.29. The van der Waals surface area contributed by atoms with Crippen molar-refractivity contribution in [2.24, 2.45) is 7.05 Å². The van der Waals surface area contributed by atoms with Gasteiger partial charge in [-0.3, -0.25) is 9.59 Å². The van der Waals surface area contributed by atoms with Crippen molar-refractivity contribution < 1.29 is 19.1 Å². The predicted molar refractivity (Wildman–Crippen MR) is 91.9 cm³/mol. The van der Waals surface area contributed by atoms with Crippen molar-refractivity contribution in [1.29, 1.82) is 0 Å². The number of piperazine rings is 1. The summed E-state index contributed by atoms with van der Waals surface area (Å²) in [5, 5.41) is 0. The summed E-state index contributed by atoms with van der Waals surface area (Å²) in [4.78, 5) is 39.7. The maximum atomic E-state index is 12.7. The summed E-state index contributed by atoms with van der Waals surface area (Å²) in [6, 6.07) is 1.30. The molecule has 1 aromatic rings. The number of rotatable bonds is 2. The Morgan fingerprint density at radius 2 is 1.64 bits per heavy atom. The first-order valence-electron chi connectivity index (χ1n) is 8.14. The molecule has 1 aliphatic rings. The van der Waals surface area contributed by atoms with Gasteiger partial charge in [0.05, 0.1) is 12.7 Å². The zero-order chi connectivity index (χ0) is 18.8. The lowest BCUT2D eigenvalue weighted by Gasteiger charge is -2.35. The van der Waals surface area contributed by atoms with Crippen LogP contribution in [-0.4, -0.2) is 65.3 Å². The molecule has 1 saturated heterocycles. The first-order chi connectivity index (χ1) is 11.6. The largest absolute Gasteiger partial charge is 0.496 e. The van der Waals surface area contributed by atoms with Crippen LogP contribution >= 0.6 is 0 Å². The van der Waals surface area contributed by atoms with Crippen LogP contribution in [0.1, 0.15) is 31.1 Å². The van der Waals surface area contributed by atoms with Crippen LogP contribution in [0.4, 0.5) is 4.79 Å². The number of amides is 2. The fraction of sp³-hybridized carbons (Fsp3) is 0.588. The number of hydrogen-bond acceptors (Lipinski definition) is 5. The average molecular weight is 351 g/mol. The molecule has 0 bridgehead atoms. The molecule has 25 heavy (non-hydrogen) atoms. The second-order valence-electron chi connectivity index (χ2n) is 6.96. The van der Waals surface area contributed by atoms with Crippen LogP contribution < -0.4 is 10.3 Å². The number of methoxy groups -OCH3 is 1. The summed E-state index contributed by atoms with van der Waals surface area (Å²) in [5.41, 5.74) is -0.467. The molecule has 2 heterocycles. The third-order valence-corrected chi connectivity index (χ3v) is 3.86. The zero-order valence-electron chi connectivity index (χ0n) is 15.4. The quantitative estimate of drug-likeness (QED) is 0.797. The number of aromatic nitrogens is 1. The molecule has 2 amide bonds. The van der Waals surface area contributed by atoms with E-state index in [2.05, 4.69) is 0 Å². The molecular formula is C17H25N3O5. The number of carbonyl (C=O) groups excluding carboxylic acids is 2. The van der Waals surface area contributed by atoms with Gasteiger partial charge in [0.25, 0.3) is 11.5 Å². The minimum absolute atomic E-state index is 0.226. The number of hydrogen-bond donors (Lipinski definition) is 0. The van der Waals surface area contributed by atoms with E-state index < -0.39 is 5.60 Å². The zero-order valence-corrected chi connectivity index (χ0v) is 15.4. The SMILES string of the molecule is COc1cc(=O)n(C)cc1C(=O)N1CCN(C(=O)OC(C)(C)C)CC1. The molecule has 0 saturated carbocycles. The van der Waals surface area contributed by atoms with E-state index in [-0.39, 0.29) is 23.3 Å². The summed E-state index contributed by atoms with van der Waals surface area (Å²) in [6.07, 6.45) is 1.10. The Morgan fingerprint density at radius 3 is 2.16 bits per heavy atom. The molecule has 8 nitrogen and oxygen atoms in total. The topological polar surface area (TPSA) is 81.1 Å². The van der Waals surface area contributed by atoms with Crippen LogP contribution in [0.3, 0.4) is 0 Å². The van der Waals surface area contributed by atoms with Crippen LogP contribution in [-0.2, 0) is 11.8 Å². The lowest BCUT2D eigenvalue weighted by atomic mass is 10.2. The van der Waals surface area contributed by atoms with E-state index >= 15 is 0 Å². The number of carbonyl (C=O) groups is 2. The van der Waals surface area contributed by atoms with Crippen molar-refractivity contribution >= 4 is 12.0 Å². The molecular weight excluding hydrogens is 326 g/mol. The van der Waals surface area contributed by atoms with E-state index in [4.69, 9.17) is 9.47 Å². The van der Waals surface area contributed by atoms with Crippen LogP contribution in [0.2, 0.25) is 0 Å². The van der Waals surface area contributed by atoms with Gasteiger partial charge in [-0.2, -0.15) is 0 Å². The summed E-state index contributed by atoms with van der Waals surface area (Å²) < 4.78 is 11.9. The van der Waals surface area contributed by atoms with Crippen molar-refractivity contribution in [2.75, 3.05) is 33.3 Å². The maximum absolute atomic E-state index is 12.7. The molecule has 2 rings (SSSR count). The number of ether oxygens (including phenoxy) is 2. The Morgan fingerprint density at radius 1 is 1.08 bits per heavy atom. The molecule has 0 N–H and O–H groups in total. The van der Waals surface area contributed by atoms with Gasteiger partial charge in [-0.15, -0.1) is 0 Å². The van der Waals surface area contributed by atoms with Gasteiger partial charge in [0.1, 0.15) is 11.4 Å². The minimum Gasteiger partial charge on any atom is -0.496 e. The molecule has 138 valence electrons. The minimum atomic E-state index is -0.549. The Balaban J connectivity index is 2.06. The summed E-state index contributed by atoms with van der Waals surface area (Å²) in [5.74, 6) is 0.0268. The third kappa shape index (κ3) is 4.52. The van der Waals surface area contributed by atoms with E-state index in [0.29, 0.717) is 31.7 Å². The monoisotopic (exact) mass is 351 g/mol. The Kier molecular flexibility index (Phi) is 5.39. The van der Waals surface area contributed by atoms with Gasteiger partial charge in [0, 0.05) is 45.5 Å². The van der Waals surface area contributed by atoms with Crippen LogP contribution in [0, 0.1) is 0 Å². The Hall–Kier alpha value is -2.51. The standard InChI is InChI=1S/C17H25N3O5/c1-17(2,3)25-16(23)20-8-6-19(7-9-20)15(22)12-11-18(4)14(21)10-13(12)24-5/h10-11H,6-9H2,1-5H3. The molecule has 1 fully saturated rings. The lowest BCUT2D eigenvalue weighted by Crippen LogP contribution is -2.51. The molecule has 0 radical (unpaired) electrons. The van der Waals surface area contributed by atoms with E-state index in [0.717, 1.165) is 0 Å². The van der Waals surface area contributed by atoms with Gasteiger partial charge in [-0.25, -0.2) is 4.79 Å². The second-order valence-corrected chi connectivity index (χ2v) is 6.96. The van der Waals surface area contributed by atoms with Gasteiger partial charge in [0.2, 0.25) is 0 Å². The molecule has 0 atom stereocenters. The highest BCUT2D eigenvalue weighted by Crippen LogP contribution is 2.19. The lowest BCUT2D eigenvalue weighted by molar-refractivity contribution is 0.0140. The Labute approximate surface area is 146 Å². The second kappa shape index (κ2) is 7.16. The fourth-order valence-electron chi connectivity index (χ4n) is 2.53. The predicted octanol–water partition coefficient (Wildman–Crippen LogP) is 1.09. The van der Waals surface area contributed by atoms with Gasteiger partial charge in [-0.05, 0) is 20.8 Å².